The van der Waals surface area contributed by atoms with Gasteiger partial charge < -0.3 is 9.94 Å². The minimum atomic E-state index is -4.92. The van der Waals surface area contributed by atoms with Gasteiger partial charge in [-0.3, -0.25) is 0 Å². The van der Waals surface area contributed by atoms with Gasteiger partial charge >= 0.3 is 12.0 Å². The lowest BCUT2D eigenvalue weighted by Crippen LogP contribution is -2.45. The minimum Gasteiger partial charge on any atom is -0.350 e. The molecule has 4 nitrogen and oxygen atoms in total. The average Bonchev–Trinajstić information content (AvgIpc) is 2.99. The van der Waals surface area contributed by atoms with Crippen molar-refractivity contribution in [1.29, 1.82) is 0 Å². The third kappa shape index (κ3) is 2.84. The van der Waals surface area contributed by atoms with Crippen LogP contribution >= 0.6 is 0 Å². The predicted octanol–water partition coefficient (Wildman–Crippen LogP) is 3.11. The molecule has 122 valence electrons. The molecule has 1 N–H and O–H groups in total. The Morgan fingerprint density at radius 2 is 1.79 bits per heavy atom. The molecule has 1 unspecified atom stereocenters. The zero-order valence-corrected chi connectivity index (χ0v) is 12.2. The molecule has 2 aromatic rings. The smallest absolute Gasteiger partial charge is 0.350 e. The summed E-state index contributed by atoms with van der Waals surface area (Å²) in [5.74, 6) is -0.835. The molecule has 7 heteroatoms. The first kappa shape index (κ1) is 16.0. The number of alkyl halides is 3. The predicted molar refractivity (Wildman–Crippen MR) is 80.9 cm³/mol. The van der Waals surface area contributed by atoms with Crippen molar-refractivity contribution in [2.24, 2.45) is 5.16 Å². The number of hydrogen-bond donors (Lipinski definition) is 1. The van der Waals surface area contributed by atoms with E-state index in [0.717, 1.165) is 11.1 Å². The normalized spacial score (nSPS) is 20.2. The Balaban J connectivity index is 1.82. The van der Waals surface area contributed by atoms with Crippen LogP contribution in [-0.2, 0) is 4.84 Å². The zero-order valence-electron chi connectivity index (χ0n) is 12.2. The molecule has 0 spiro atoms. The first-order valence-corrected chi connectivity index (χ1v) is 6.90. The van der Waals surface area contributed by atoms with E-state index >= 15 is 0 Å². The van der Waals surface area contributed by atoms with Crippen molar-refractivity contribution < 1.29 is 23.1 Å². The second kappa shape index (κ2) is 5.65. The van der Waals surface area contributed by atoms with Crippen molar-refractivity contribution in [3.63, 3.8) is 0 Å². The summed E-state index contributed by atoms with van der Waals surface area (Å²) < 4.78 is 38.2. The topological polar surface area (TPSA) is 54.7 Å². The number of benzene rings is 1. The van der Waals surface area contributed by atoms with Crippen LogP contribution in [-0.4, -0.2) is 27.8 Å². The number of rotatable bonds is 2. The lowest BCUT2D eigenvalue weighted by Gasteiger charge is -2.22. The molecule has 0 amide bonds. The van der Waals surface area contributed by atoms with Crippen molar-refractivity contribution in [3.8, 4) is 23.5 Å². The fourth-order valence-electron chi connectivity index (χ4n) is 2.27. The molecule has 0 saturated carbocycles. The number of halogens is 3. The summed E-state index contributed by atoms with van der Waals surface area (Å²) in [6, 6.07) is 10.2. The molecular weight excluding hydrogens is 321 g/mol. The monoisotopic (exact) mass is 332 g/mol. The summed E-state index contributed by atoms with van der Waals surface area (Å²) in [4.78, 5) is 8.20. The van der Waals surface area contributed by atoms with Gasteiger partial charge in [0, 0.05) is 6.20 Å². The molecule has 0 saturated heterocycles. The first-order chi connectivity index (χ1) is 11.3. The Morgan fingerprint density at radius 3 is 2.38 bits per heavy atom. The van der Waals surface area contributed by atoms with Gasteiger partial charge in [0.05, 0.1) is 12.1 Å². The van der Waals surface area contributed by atoms with Crippen molar-refractivity contribution >= 4 is 5.71 Å². The summed E-state index contributed by atoms with van der Waals surface area (Å²) in [6.07, 6.45) is 1.21. The molecule has 24 heavy (non-hydrogen) atoms. The van der Waals surface area contributed by atoms with Gasteiger partial charge in [-0.15, -0.1) is 6.42 Å². The van der Waals surface area contributed by atoms with Crippen LogP contribution < -0.4 is 0 Å². The van der Waals surface area contributed by atoms with Gasteiger partial charge in [0.2, 0.25) is 0 Å². The number of oxime groups is 1. The summed E-state index contributed by atoms with van der Waals surface area (Å²) >= 11 is 0. The molecular formula is C17H11F3N2O2. The van der Waals surface area contributed by atoms with E-state index in [0.29, 0.717) is 11.3 Å². The molecule has 0 radical (unpaired) electrons. The molecule has 3 rings (SSSR count). The fourth-order valence-corrected chi connectivity index (χ4v) is 2.27. The molecule has 1 atom stereocenters. The highest BCUT2D eigenvalue weighted by Gasteiger charge is 2.60. The standard InChI is InChI=1S/C17H11F3N2O2/c1-2-14-9-13(7-8-21-14)11-3-5-12(6-4-11)15-10-16(23,24-22-15)17(18,19)20/h1,3-9,23H,10H2. The number of pyridine rings is 1. The van der Waals surface area contributed by atoms with Crippen LogP contribution in [0.1, 0.15) is 17.7 Å². The minimum absolute atomic E-state index is 0.0282. The maximum Gasteiger partial charge on any atom is 0.458 e. The molecule has 1 aromatic carbocycles. The van der Waals surface area contributed by atoms with Crippen LogP contribution in [0.4, 0.5) is 13.2 Å². The average molecular weight is 332 g/mol. The van der Waals surface area contributed by atoms with Gasteiger partial charge in [-0.05, 0) is 28.8 Å². The molecule has 1 aromatic heterocycles. The maximum atomic E-state index is 12.7. The Kier molecular flexibility index (Phi) is 3.78. The molecule has 0 aliphatic carbocycles. The number of nitrogens with zero attached hydrogens (tertiary/aromatic N) is 2. The van der Waals surface area contributed by atoms with Crippen LogP contribution in [0.2, 0.25) is 0 Å². The fraction of sp³-hybridized carbons (Fsp3) is 0.176. The van der Waals surface area contributed by atoms with E-state index in [1.807, 2.05) is 0 Å². The van der Waals surface area contributed by atoms with Crippen molar-refractivity contribution in [3.05, 3.63) is 53.9 Å². The summed E-state index contributed by atoms with van der Waals surface area (Å²) in [5, 5.41) is 12.8. The lowest BCUT2D eigenvalue weighted by atomic mass is 9.99. The quantitative estimate of drug-likeness (QED) is 0.860. The van der Waals surface area contributed by atoms with Gasteiger partial charge in [-0.2, -0.15) is 13.2 Å². The first-order valence-electron chi connectivity index (χ1n) is 6.90. The van der Waals surface area contributed by atoms with Crippen molar-refractivity contribution in [2.75, 3.05) is 0 Å². The summed E-state index contributed by atoms with van der Waals surface area (Å²) in [5.41, 5.74) is 2.61. The Labute approximate surface area is 135 Å². The molecule has 0 bridgehead atoms. The van der Waals surface area contributed by atoms with E-state index in [9.17, 15) is 18.3 Å². The Bertz CT molecular complexity index is 838. The summed E-state index contributed by atoms with van der Waals surface area (Å²) in [7, 11) is 0. The third-order valence-corrected chi connectivity index (χ3v) is 3.62. The highest BCUT2D eigenvalue weighted by molar-refractivity contribution is 6.01. The van der Waals surface area contributed by atoms with Crippen LogP contribution in [0.3, 0.4) is 0 Å². The van der Waals surface area contributed by atoms with Gasteiger partial charge in [-0.1, -0.05) is 35.3 Å². The third-order valence-electron chi connectivity index (χ3n) is 3.62. The van der Waals surface area contributed by atoms with Crippen molar-refractivity contribution in [1.82, 2.24) is 4.98 Å². The maximum absolute atomic E-state index is 12.7. The van der Waals surface area contributed by atoms with E-state index < -0.39 is 18.4 Å². The van der Waals surface area contributed by atoms with Crippen LogP contribution in [0.25, 0.3) is 11.1 Å². The molecule has 1 aliphatic heterocycles. The van der Waals surface area contributed by atoms with Gasteiger partial charge in [0.1, 0.15) is 5.69 Å². The summed E-state index contributed by atoms with van der Waals surface area (Å²) in [6.45, 7) is 0. The number of terminal acetylenes is 1. The molecule has 0 fully saturated rings. The van der Waals surface area contributed by atoms with Crippen LogP contribution in [0, 0.1) is 12.3 Å². The van der Waals surface area contributed by atoms with Crippen LogP contribution in [0.15, 0.2) is 47.8 Å². The van der Waals surface area contributed by atoms with E-state index in [4.69, 9.17) is 6.42 Å². The number of aromatic nitrogens is 1. The molecule has 2 heterocycles. The second-order valence-corrected chi connectivity index (χ2v) is 5.24. The highest BCUT2D eigenvalue weighted by atomic mass is 19.4. The number of hydrogen-bond acceptors (Lipinski definition) is 4. The van der Waals surface area contributed by atoms with Crippen molar-refractivity contribution in [2.45, 2.75) is 18.4 Å². The van der Waals surface area contributed by atoms with Gasteiger partial charge in [0.15, 0.2) is 0 Å². The van der Waals surface area contributed by atoms with E-state index in [1.165, 1.54) is 0 Å². The second-order valence-electron chi connectivity index (χ2n) is 5.24. The largest absolute Gasteiger partial charge is 0.458 e. The SMILES string of the molecule is C#Cc1cc(-c2ccc(C3=NOC(O)(C(F)(F)F)C3)cc2)ccn1. The lowest BCUT2D eigenvalue weighted by molar-refractivity contribution is -0.355. The van der Waals surface area contributed by atoms with E-state index in [1.54, 1.807) is 42.6 Å². The molecule has 1 aliphatic rings. The highest BCUT2D eigenvalue weighted by Crippen LogP contribution is 2.39. The van der Waals surface area contributed by atoms with E-state index in [2.05, 4.69) is 20.9 Å². The Hall–Kier alpha value is -2.85. The van der Waals surface area contributed by atoms with E-state index in [-0.39, 0.29) is 5.71 Å². The van der Waals surface area contributed by atoms with Gasteiger partial charge in [0.25, 0.3) is 0 Å². The van der Waals surface area contributed by atoms with Crippen LogP contribution in [0.5, 0.6) is 0 Å². The zero-order chi connectivity index (χ0) is 17.4. The number of aliphatic hydroxyl groups is 1. The Morgan fingerprint density at radius 1 is 1.12 bits per heavy atom. The van der Waals surface area contributed by atoms with Gasteiger partial charge in [-0.25, -0.2) is 4.98 Å².